The standard InChI is InChI=1S/C14H23N3O/c1-9(2)10(3)15-7-13-11(4)16-17(14(13)18)8-12-5-6-12/h9,12,15-16H,3,5-8H2,1-2,4H3. The fraction of sp³-hybridized carbons (Fsp3) is 0.643. The molecule has 1 aliphatic carbocycles. The van der Waals surface area contributed by atoms with Gasteiger partial charge in [-0.15, -0.1) is 0 Å². The molecule has 2 rings (SSSR count). The maximum Gasteiger partial charge on any atom is 0.271 e. The van der Waals surface area contributed by atoms with E-state index in [2.05, 4.69) is 30.8 Å². The summed E-state index contributed by atoms with van der Waals surface area (Å²) in [6, 6.07) is 0. The van der Waals surface area contributed by atoms with Gasteiger partial charge in [-0.3, -0.25) is 14.6 Å². The average Bonchev–Trinajstić information content (AvgIpc) is 3.06. The highest BCUT2D eigenvalue weighted by Crippen LogP contribution is 2.29. The van der Waals surface area contributed by atoms with Gasteiger partial charge in [0.25, 0.3) is 5.56 Å². The first-order chi connectivity index (χ1) is 8.49. The number of hydrogen-bond acceptors (Lipinski definition) is 2. The highest BCUT2D eigenvalue weighted by atomic mass is 16.1. The molecule has 1 fully saturated rings. The van der Waals surface area contributed by atoms with Crippen LogP contribution in [0.2, 0.25) is 0 Å². The van der Waals surface area contributed by atoms with Gasteiger partial charge in [0.1, 0.15) is 0 Å². The number of H-pyrrole nitrogens is 1. The van der Waals surface area contributed by atoms with Crippen molar-refractivity contribution in [3.05, 3.63) is 33.9 Å². The number of aryl methyl sites for hydroxylation is 1. The van der Waals surface area contributed by atoms with E-state index in [1.807, 2.05) is 6.92 Å². The van der Waals surface area contributed by atoms with Crippen LogP contribution in [-0.4, -0.2) is 9.78 Å². The lowest BCUT2D eigenvalue weighted by Gasteiger charge is -2.11. The molecule has 1 heterocycles. The van der Waals surface area contributed by atoms with Gasteiger partial charge in [0.15, 0.2) is 0 Å². The molecule has 18 heavy (non-hydrogen) atoms. The van der Waals surface area contributed by atoms with Gasteiger partial charge in [0.2, 0.25) is 0 Å². The summed E-state index contributed by atoms with van der Waals surface area (Å²) >= 11 is 0. The first-order valence-electron chi connectivity index (χ1n) is 6.70. The van der Waals surface area contributed by atoms with Gasteiger partial charge in [-0.05, 0) is 31.6 Å². The molecular weight excluding hydrogens is 226 g/mol. The van der Waals surface area contributed by atoms with E-state index in [0.29, 0.717) is 18.4 Å². The van der Waals surface area contributed by atoms with Crippen LogP contribution in [0, 0.1) is 18.8 Å². The van der Waals surface area contributed by atoms with E-state index in [0.717, 1.165) is 23.5 Å². The van der Waals surface area contributed by atoms with Crippen LogP contribution in [0.3, 0.4) is 0 Å². The van der Waals surface area contributed by atoms with Crippen LogP contribution >= 0.6 is 0 Å². The normalized spacial score (nSPS) is 15.1. The van der Waals surface area contributed by atoms with Gasteiger partial charge in [-0.25, -0.2) is 0 Å². The second-order valence-corrected chi connectivity index (χ2v) is 5.61. The molecule has 100 valence electrons. The third-order valence-corrected chi connectivity index (χ3v) is 3.59. The van der Waals surface area contributed by atoms with Crippen LogP contribution in [0.5, 0.6) is 0 Å². The fourth-order valence-corrected chi connectivity index (χ4v) is 1.95. The number of nitrogens with zero attached hydrogens (tertiary/aromatic N) is 1. The Bertz CT molecular complexity index is 492. The molecule has 0 bridgehead atoms. The molecule has 0 saturated heterocycles. The van der Waals surface area contributed by atoms with E-state index < -0.39 is 0 Å². The van der Waals surface area contributed by atoms with Crippen molar-refractivity contribution in [1.29, 1.82) is 0 Å². The summed E-state index contributed by atoms with van der Waals surface area (Å²) < 4.78 is 1.75. The highest BCUT2D eigenvalue weighted by Gasteiger charge is 2.23. The molecular formula is C14H23N3O. The molecule has 1 aromatic rings. The van der Waals surface area contributed by atoms with E-state index in [4.69, 9.17) is 0 Å². The molecule has 4 heteroatoms. The Morgan fingerprint density at radius 2 is 2.22 bits per heavy atom. The number of hydrogen-bond donors (Lipinski definition) is 2. The van der Waals surface area contributed by atoms with Crippen molar-refractivity contribution in [1.82, 2.24) is 15.1 Å². The Morgan fingerprint density at radius 3 is 2.78 bits per heavy atom. The minimum Gasteiger partial charge on any atom is -0.384 e. The van der Waals surface area contributed by atoms with Gasteiger partial charge in [0.05, 0.1) is 5.56 Å². The SMILES string of the molecule is C=C(NCc1c(C)[nH]n(CC2CC2)c1=O)C(C)C. The van der Waals surface area contributed by atoms with Crippen molar-refractivity contribution >= 4 is 0 Å². The van der Waals surface area contributed by atoms with Crippen LogP contribution in [0.1, 0.15) is 37.9 Å². The maximum atomic E-state index is 12.2. The molecule has 0 aromatic carbocycles. The molecule has 2 N–H and O–H groups in total. The summed E-state index contributed by atoms with van der Waals surface area (Å²) in [6.07, 6.45) is 2.50. The molecule has 0 unspecified atom stereocenters. The van der Waals surface area contributed by atoms with Crippen molar-refractivity contribution in [3.63, 3.8) is 0 Å². The Morgan fingerprint density at radius 1 is 1.56 bits per heavy atom. The summed E-state index contributed by atoms with van der Waals surface area (Å²) in [4.78, 5) is 12.2. The molecule has 0 amide bonds. The van der Waals surface area contributed by atoms with Gasteiger partial charge < -0.3 is 5.32 Å². The van der Waals surface area contributed by atoms with Crippen LogP contribution < -0.4 is 10.9 Å². The van der Waals surface area contributed by atoms with Gasteiger partial charge in [0, 0.05) is 24.5 Å². The van der Waals surface area contributed by atoms with Crippen LogP contribution in [0.15, 0.2) is 17.1 Å². The van der Waals surface area contributed by atoms with Gasteiger partial charge in [-0.2, -0.15) is 0 Å². The lowest BCUT2D eigenvalue weighted by Crippen LogP contribution is -2.24. The summed E-state index contributed by atoms with van der Waals surface area (Å²) in [7, 11) is 0. The van der Waals surface area contributed by atoms with E-state index in [1.54, 1.807) is 4.68 Å². The van der Waals surface area contributed by atoms with Crippen molar-refractivity contribution in [2.45, 2.75) is 46.7 Å². The quantitative estimate of drug-likeness (QED) is 0.811. The maximum absolute atomic E-state index is 12.2. The van der Waals surface area contributed by atoms with E-state index in [-0.39, 0.29) is 5.56 Å². The number of aromatic nitrogens is 2. The van der Waals surface area contributed by atoms with Gasteiger partial charge >= 0.3 is 0 Å². The predicted molar refractivity (Wildman–Crippen MR) is 73.3 cm³/mol. The zero-order valence-electron chi connectivity index (χ0n) is 11.5. The second-order valence-electron chi connectivity index (χ2n) is 5.61. The fourth-order valence-electron chi connectivity index (χ4n) is 1.95. The molecule has 0 aliphatic heterocycles. The monoisotopic (exact) mass is 249 g/mol. The molecule has 0 atom stereocenters. The largest absolute Gasteiger partial charge is 0.384 e. The molecule has 4 nitrogen and oxygen atoms in total. The molecule has 1 saturated carbocycles. The van der Waals surface area contributed by atoms with Gasteiger partial charge in [-0.1, -0.05) is 20.4 Å². The third kappa shape index (κ3) is 2.86. The zero-order chi connectivity index (χ0) is 13.3. The van der Waals surface area contributed by atoms with Crippen LogP contribution in [0.25, 0.3) is 0 Å². The summed E-state index contributed by atoms with van der Waals surface area (Å²) in [5, 5.41) is 6.41. The first kappa shape index (κ1) is 13.0. The van der Waals surface area contributed by atoms with Crippen molar-refractivity contribution in [3.8, 4) is 0 Å². The third-order valence-electron chi connectivity index (χ3n) is 3.59. The minimum atomic E-state index is 0.114. The second kappa shape index (κ2) is 5.04. The Hall–Kier alpha value is -1.45. The lowest BCUT2D eigenvalue weighted by molar-refractivity contribution is 0.543. The van der Waals surface area contributed by atoms with Crippen LogP contribution in [-0.2, 0) is 13.1 Å². The molecule has 1 aliphatic rings. The lowest BCUT2D eigenvalue weighted by atomic mass is 10.1. The molecule has 0 radical (unpaired) electrons. The first-order valence-corrected chi connectivity index (χ1v) is 6.70. The smallest absolute Gasteiger partial charge is 0.271 e. The average molecular weight is 249 g/mol. The summed E-state index contributed by atoms with van der Waals surface area (Å²) in [6.45, 7) is 11.5. The Kier molecular flexibility index (Phi) is 3.64. The molecule has 0 spiro atoms. The van der Waals surface area contributed by atoms with E-state index in [9.17, 15) is 4.79 Å². The van der Waals surface area contributed by atoms with Crippen LogP contribution in [0.4, 0.5) is 0 Å². The number of nitrogens with one attached hydrogen (secondary N) is 2. The van der Waals surface area contributed by atoms with E-state index >= 15 is 0 Å². The summed E-state index contributed by atoms with van der Waals surface area (Å²) in [5.74, 6) is 1.09. The number of allylic oxidation sites excluding steroid dienone is 1. The van der Waals surface area contributed by atoms with Crippen molar-refractivity contribution in [2.75, 3.05) is 0 Å². The topological polar surface area (TPSA) is 49.8 Å². The molecule has 1 aromatic heterocycles. The van der Waals surface area contributed by atoms with Crippen molar-refractivity contribution in [2.24, 2.45) is 11.8 Å². The highest BCUT2D eigenvalue weighted by molar-refractivity contribution is 5.17. The van der Waals surface area contributed by atoms with Crippen molar-refractivity contribution < 1.29 is 0 Å². The Labute approximate surface area is 108 Å². The number of aromatic amines is 1. The number of rotatable bonds is 6. The summed E-state index contributed by atoms with van der Waals surface area (Å²) in [5.41, 5.74) is 2.88. The van der Waals surface area contributed by atoms with E-state index in [1.165, 1.54) is 12.8 Å². The zero-order valence-corrected chi connectivity index (χ0v) is 11.5. The minimum absolute atomic E-state index is 0.114. The Balaban J connectivity index is 2.05. The predicted octanol–water partition coefficient (Wildman–Crippen LogP) is 2.15.